The largest absolute Gasteiger partial charge is 0.497 e. The fraction of sp³-hybridized carbons (Fsp3) is 0.0968. The van der Waals surface area contributed by atoms with Crippen molar-refractivity contribution in [3.63, 3.8) is 0 Å². The van der Waals surface area contributed by atoms with Crippen LogP contribution < -0.4 is 30.1 Å². The van der Waals surface area contributed by atoms with E-state index >= 15 is 0 Å². The molecule has 0 heterocycles. The van der Waals surface area contributed by atoms with Gasteiger partial charge in [-0.1, -0.05) is 78.9 Å². The Morgan fingerprint density at radius 2 is 1.09 bits per heavy atom. The van der Waals surface area contributed by atoms with Gasteiger partial charge in [-0.2, -0.15) is 0 Å². The van der Waals surface area contributed by atoms with Crippen molar-refractivity contribution in [2.45, 2.75) is 0 Å². The molecule has 5 aromatic rings. The van der Waals surface area contributed by atoms with Gasteiger partial charge in [0.25, 0.3) is 0 Å². The molecule has 0 bridgehead atoms. The smallest absolute Gasteiger partial charge is 0.127 e. The summed E-state index contributed by atoms with van der Waals surface area (Å²) in [6, 6.07) is 38.2. The lowest BCUT2D eigenvalue weighted by Crippen LogP contribution is -2.22. The van der Waals surface area contributed by atoms with Crippen molar-refractivity contribution in [1.82, 2.24) is 0 Å². The van der Waals surface area contributed by atoms with E-state index in [1.807, 2.05) is 24.3 Å². The minimum Gasteiger partial charge on any atom is -0.497 e. The number of hydrogen-bond acceptors (Lipinski definition) is 3. The van der Waals surface area contributed by atoms with Crippen LogP contribution in [0.25, 0.3) is 21.9 Å². The first-order chi connectivity index (χ1) is 17.2. The molecule has 0 atom stereocenters. The van der Waals surface area contributed by atoms with Gasteiger partial charge in [-0.25, -0.2) is 0 Å². The van der Waals surface area contributed by atoms with Crippen LogP contribution >= 0.6 is 7.92 Å². The zero-order valence-electron chi connectivity index (χ0n) is 20.1. The zero-order valence-corrected chi connectivity index (χ0v) is 21.0. The molecule has 0 aliphatic heterocycles. The molecule has 0 saturated carbocycles. The van der Waals surface area contributed by atoms with Gasteiger partial charge in [0.05, 0.1) is 21.3 Å². The van der Waals surface area contributed by atoms with Crippen molar-refractivity contribution in [2.75, 3.05) is 21.3 Å². The Morgan fingerprint density at radius 1 is 0.514 bits per heavy atom. The molecule has 0 unspecified atom stereocenters. The number of hydrogen-bond donors (Lipinski definition) is 0. The summed E-state index contributed by atoms with van der Waals surface area (Å²) in [5.41, 5.74) is 2.30. The number of fused-ring (bicyclic) bond motifs is 1. The van der Waals surface area contributed by atoms with E-state index in [1.54, 1.807) is 21.3 Å². The highest BCUT2D eigenvalue weighted by Crippen LogP contribution is 2.42. The number of rotatable bonds is 7. The third kappa shape index (κ3) is 4.48. The lowest BCUT2D eigenvalue weighted by Gasteiger charge is -2.24. The van der Waals surface area contributed by atoms with Gasteiger partial charge >= 0.3 is 0 Å². The van der Waals surface area contributed by atoms with Gasteiger partial charge in [-0.15, -0.1) is 0 Å². The predicted octanol–water partition coefficient (Wildman–Crippen LogP) is 6.29. The normalized spacial score (nSPS) is 11.0. The lowest BCUT2D eigenvalue weighted by atomic mass is 9.97. The molecule has 0 aliphatic rings. The average Bonchev–Trinajstić information content (AvgIpc) is 2.93. The Labute approximate surface area is 207 Å². The minimum absolute atomic E-state index is 0.849. The molecule has 5 rings (SSSR count). The third-order valence-electron chi connectivity index (χ3n) is 6.19. The van der Waals surface area contributed by atoms with Crippen LogP contribution in [-0.2, 0) is 0 Å². The van der Waals surface area contributed by atoms with E-state index in [0.29, 0.717) is 0 Å². The summed E-state index contributed by atoms with van der Waals surface area (Å²) in [6.45, 7) is 0. The topological polar surface area (TPSA) is 27.7 Å². The Morgan fingerprint density at radius 3 is 1.69 bits per heavy atom. The first-order valence-corrected chi connectivity index (χ1v) is 12.8. The van der Waals surface area contributed by atoms with Gasteiger partial charge in [-0.3, -0.25) is 0 Å². The molecule has 3 nitrogen and oxygen atoms in total. The van der Waals surface area contributed by atoms with Gasteiger partial charge in [0.1, 0.15) is 17.2 Å². The molecule has 174 valence electrons. The number of benzene rings is 5. The first-order valence-electron chi connectivity index (χ1n) is 11.5. The molecule has 0 aliphatic carbocycles. The highest BCUT2D eigenvalue weighted by molar-refractivity contribution is 7.80. The molecule has 0 radical (unpaired) electrons. The lowest BCUT2D eigenvalue weighted by molar-refractivity contribution is 0.415. The molecule has 5 aromatic carbocycles. The second kappa shape index (κ2) is 10.2. The molecule has 0 spiro atoms. The van der Waals surface area contributed by atoms with Crippen LogP contribution in [0.15, 0.2) is 109 Å². The highest BCUT2D eigenvalue weighted by Gasteiger charge is 2.23. The van der Waals surface area contributed by atoms with Gasteiger partial charge < -0.3 is 14.2 Å². The summed E-state index contributed by atoms with van der Waals surface area (Å²) in [4.78, 5) is 0. The summed E-state index contributed by atoms with van der Waals surface area (Å²) >= 11 is 0. The van der Waals surface area contributed by atoms with Crippen LogP contribution in [0.4, 0.5) is 0 Å². The van der Waals surface area contributed by atoms with Gasteiger partial charge in [0.15, 0.2) is 0 Å². The third-order valence-corrected chi connectivity index (χ3v) is 8.69. The maximum Gasteiger partial charge on any atom is 0.127 e. The second-order valence-corrected chi connectivity index (χ2v) is 10.3. The van der Waals surface area contributed by atoms with E-state index < -0.39 is 7.92 Å². The summed E-state index contributed by atoms with van der Waals surface area (Å²) < 4.78 is 16.8. The van der Waals surface area contributed by atoms with E-state index in [4.69, 9.17) is 14.2 Å². The van der Waals surface area contributed by atoms with Crippen molar-refractivity contribution in [2.24, 2.45) is 0 Å². The van der Waals surface area contributed by atoms with Crippen LogP contribution in [0.3, 0.4) is 0 Å². The molecule has 0 aromatic heterocycles. The first kappa shape index (κ1) is 23.0. The average molecular weight is 479 g/mol. The predicted molar refractivity (Wildman–Crippen MR) is 148 cm³/mol. The van der Waals surface area contributed by atoms with Crippen LogP contribution in [0.1, 0.15) is 0 Å². The summed E-state index contributed by atoms with van der Waals surface area (Å²) in [5.74, 6) is 2.57. The Bertz CT molecular complexity index is 1400. The monoisotopic (exact) mass is 478 g/mol. The van der Waals surface area contributed by atoms with E-state index in [2.05, 4.69) is 84.9 Å². The van der Waals surface area contributed by atoms with Crippen molar-refractivity contribution in [3.8, 4) is 28.4 Å². The maximum atomic E-state index is 5.89. The molecule has 0 saturated heterocycles. The molecule has 4 heteroatoms. The second-order valence-electron chi connectivity index (χ2n) is 8.11. The fourth-order valence-corrected chi connectivity index (χ4v) is 6.88. The summed E-state index contributed by atoms with van der Waals surface area (Å²) in [6.07, 6.45) is 0. The van der Waals surface area contributed by atoms with Crippen LogP contribution in [0, 0.1) is 0 Å². The Hall–Kier alpha value is -3.81. The van der Waals surface area contributed by atoms with E-state index in [-0.39, 0.29) is 0 Å². The SMILES string of the molecule is COc1ccc(P(c2ccc(OC)cc2)c2ccccc2-c2c(OC)ccc3ccccc23)cc1. The molecule has 0 N–H and O–H groups in total. The van der Waals surface area contributed by atoms with Crippen molar-refractivity contribution >= 4 is 34.6 Å². The number of methoxy groups -OCH3 is 3. The van der Waals surface area contributed by atoms with Gasteiger partial charge in [0.2, 0.25) is 0 Å². The highest BCUT2D eigenvalue weighted by atomic mass is 31.1. The van der Waals surface area contributed by atoms with E-state index in [1.165, 1.54) is 32.2 Å². The molecule has 0 amide bonds. The van der Waals surface area contributed by atoms with Crippen molar-refractivity contribution in [1.29, 1.82) is 0 Å². The van der Waals surface area contributed by atoms with Crippen molar-refractivity contribution in [3.05, 3.63) is 109 Å². The fourth-order valence-electron chi connectivity index (χ4n) is 4.47. The summed E-state index contributed by atoms with van der Waals surface area (Å²) in [5, 5.41) is 6.14. The standard InChI is InChI=1S/C31H27O3P/c1-32-23-13-17-25(18-14-23)35(26-19-15-24(33-2)16-20-26)30-11-7-6-10-28(30)31-27-9-5-4-8-22(27)12-21-29(31)34-3/h4-21H,1-3H3. The van der Waals surface area contributed by atoms with Crippen LogP contribution in [-0.4, -0.2) is 21.3 Å². The maximum absolute atomic E-state index is 5.89. The number of ether oxygens (including phenoxy) is 3. The Kier molecular flexibility index (Phi) is 6.70. The quantitative estimate of drug-likeness (QED) is 0.257. The summed E-state index contributed by atoms with van der Waals surface area (Å²) in [7, 11) is 4.27. The van der Waals surface area contributed by atoms with Crippen LogP contribution in [0.5, 0.6) is 17.2 Å². The Balaban J connectivity index is 1.77. The van der Waals surface area contributed by atoms with E-state index in [9.17, 15) is 0 Å². The van der Waals surface area contributed by atoms with Crippen LogP contribution in [0.2, 0.25) is 0 Å². The molecule has 35 heavy (non-hydrogen) atoms. The zero-order chi connectivity index (χ0) is 24.2. The van der Waals surface area contributed by atoms with Crippen molar-refractivity contribution < 1.29 is 14.2 Å². The van der Waals surface area contributed by atoms with Gasteiger partial charge in [-0.05, 0) is 70.5 Å². The van der Waals surface area contributed by atoms with E-state index in [0.717, 1.165) is 22.8 Å². The molecule has 0 fully saturated rings. The minimum atomic E-state index is -0.865. The molecular weight excluding hydrogens is 451 g/mol. The van der Waals surface area contributed by atoms with Gasteiger partial charge in [0, 0.05) is 5.56 Å². The molecular formula is C31H27O3P.